The number of hydrogen-bond acceptors (Lipinski definition) is 2. The Bertz CT molecular complexity index is 436. The van der Waals surface area contributed by atoms with Gasteiger partial charge in [-0.1, -0.05) is 6.07 Å². The summed E-state index contributed by atoms with van der Waals surface area (Å²) in [7, 11) is 0. The summed E-state index contributed by atoms with van der Waals surface area (Å²) in [5, 5.41) is 11.8. The van der Waals surface area contributed by atoms with Crippen molar-refractivity contribution >= 4 is 21.4 Å². The third kappa shape index (κ3) is 1.19. The molecule has 1 aromatic carbocycles. The summed E-state index contributed by atoms with van der Waals surface area (Å²) >= 11 is 1.73. The second kappa shape index (κ2) is 2.96. The molecule has 12 heavy (non-hydrogen) atoms. The number of rotatable bonds is 1. The highest BCUT2D eigenvalue weighted by Crippen LogP contribution is 2.21. The molecule has 1 aromatic heterocycles. The van der Waals surface area contributed by atoms with Crippen LogP contribution in [0.3, 0.4) is 0 Å². The van der Waals surface area contributed by atoms with Gasteiger partial charge in [0.25, 0.3) is 0 Å². The summed E-state index contributed by atoms with van der Waals surface area (Å²) in [5.74, 6) is 0. The van der Waals surface area contributed by atoms with Gasteiger partial charge in [-0.2, -0.15) is 5.26 Å². The molecule has 0 saturated heterocycles. The Morgan fingerprint density at radius 2 is 2.25 bits per heavy atom. The number of thiophene rings is 1. The monoisotopic (exact) mass is 173 g/mol. The third-order valence-electron chi connectivity index (χ3n) is 1.80. The molecule has 2 heteroatoms. The van der Waals surface area contributed by atoms with Crippen LogP contribution < -0.4 is 0 Å². The van der Waals surface area contributed by atoms with Crippen molar-refractivity contribution in [1.29, 1.82) is 5.26 Å². The molecular formula is C10H7NS. The molecule has 0 bridgehead atoms. The number of benzene rings is 1. The Hall–Kier alpha value is -1.33. The molecule has 0 amide bonds. The predicted octanol–water partition coefficient (Wildman–Crippen LogP) is 2.97. The summed E-state index contributed by atoms with van der Waals surface area (Å²) in [5.41, 5.74) is 1.10. The lowest BCUT2D eigenvalue weighted by Crippen LogP contribution is -1.78. The minimum Gasteiger partial charge on any atom is -0.198 e. The van der Waals surface area contributed by atoms with Crippen molar-refractivity contribution < 1.29 is 0 Å². The smallest absolute Gasteiger partial charge is 0.0669 e. The van der Waals surface area contributed by atoms with Crippen molar-refractivity contribution in [3.05, 3.63) is 35.2 Å². The van der Waals surface area contributed by atoms with E-state index in [1.807, 2.05) is 6.07 Å². The standard InChI is InChI=1S/C10H7NS/c11-5-3-8-1-2-10-9(7-8)4-6-12-10/h1-2,4,6-7H,3H2. The molecule has 2 rings (SSSR count). The van der Waals surface area contributed by atoms with Crippen LogP contribution in [0.4, 0.5) is 0 Å². The zero-order valence-corrected chi connectivity index (χ0v) is 7.27. The molecule has 0 aliphatic rings. The van der Waals surface area contributed by atoms with Gasteiger partial charge in [-0.15, -0.1) is 11.3 Å². The Balaban J connectivity index is 2.54. The van der Waals surface area contributed by atoms with Crippen LogP contribution in [0.1, 0.15) is 5.56 Å². The Kier molecular flexibility index (Phi) is 1.81. The van der Waals surface area contributed by atoms with E-state index in [1.165, 1.54) is 10.1 Å². The predicted molar refractivity (Wildman–Crippen MR) is 51.1 cm³/mol. The summed E-state index contributed by atoms with van der Waals surface area (Å²) in [6.07, 6.45) is 0.506. The Labute approximate surface area is 74.9 Å². The second-order valence-electron chi connectivity index (χ2n) is 2.63. The van der Waals surface area contributed by atoms with E-state index < -0.39 is 0 Å². The number of hydrogen-bond donors (Lipinski definition) is 0. The highest BCUT2D eigenvalue weighted by molar-refractivity contribution is 7.17. The van der Waals surface area contributed by atoms with Crippen molar-refractivity contribution in [2.45, 2.75) is 6.42 Å². The molecule has 0 N–H and O–H groups in total. The van der Waals surface area contributed by atoms with E-state index in [1.54, 1.807) is 11.3 Å². The van der Waals surface area contributed by atoms with E-state index in [0.29, 0.717) is 6.42 Å². The summed E-state index contributed by atoms with van der Waals surface area (Å²) < 4.78 is 1.29. The molecular weight excluding hydrogens is 166 g/mol. The van der Waals surface area contributed by atoms with Crippen LogP contribution in [0, 0.1) is 11.3 Å². The molecule has 1 heterocycles. The van der Waals surface area contributed by atoms with Gasteiger partial charge in [-0.25, -0.2) is 0 Å². The Morgan fingerprint density at radius 1 is 1.33 bits per heavy atom. The van der Waals surface area contributed by atoms with Crippen molar-refractivity contribution in [2.24, 2.45) is 0 Å². The maximum atomic E-state index is 8.49. The molecule has 0 aliphatic carbocycles. The van der Waals surface area contributed by atoms with Crippen molar-refractivity contribution in [3.8, 4) is 6.07 Å². The normalized spacial score (nSPS) is 9.92. The molecule has 0 aliphatic heterocycles. The fourth-order valence-electron chi connectivity index (χ4n) is 1.22. The van der Waals surface area contributed by atoms with Gasteiger partial charge in [0.1, 0.15) is 0 Å². The lowest BCUT2D eigenvalue weighted by molar-refractivity contribution is 1.27. The van der Waals surface area contributed by atoms with Crippen molar-refractivity contribution in [3.63, 3.8) is 0 Å². The number of fused-ring (bicyclic) bond motifs is 1. The second-order valence-corrected chi connectivity index (χ2v) is 3.58. The van der Waals surface area contributed by atoms with Gasteiger partial charge in [0.05, 0.1) is 12.5 Å². The van der Waals surface area contributed by atoms with E-state index in [9.17, 15) is 0 Å². The van der Waals surface area contributed by atoms with Crippen LogP contribution in [0.25, 0.3) is 10.1 Å². The zero-order chi connectivity index (χ0) is 8.39. The van der Waals surface area contributed by atoms with Gasteiger partial charge in [0.15, 0.2) is 0 Å². The fourth-order valence-corrected chi connectivity index (χ4v) is 1.99. The SMILES string of the molecule is N#CCc1ccc2sccc2c1. The minimum absolute atomic E-state index is 0.506. The van der Waals surface area contributed by atoms with Gasteiger partial charge in [0.2, 0.25) is 0 Å². The van der Waals surface area contributed by atoms with Gasteiger partial charge in [0, 0.05) is 4.70 Å². The number of nitrogens with zero attached hydrogens (tertiary/aromatic N) is 1. The molecule has 1 nitrogen and oxygen atoms in total. The fraction of sp³-hybridized carbons (Fsp3) is 0.100. The average molecular weight is 173 g/mol. The molecule has 0 unspecified atom stereocenters. The van der Waals surface area contributed by atoms with Crippen LogP contribution in [-0.2, 0) is 6.42 Å². The maximum Gasteiger partial charge on any atom is 0.0669 e. The van der Waals surface area contributed by atoms with Crippen LogP contribution >= 0.6 is 11.3 Å². The first kappa shape index (κ1) is 7.33. The lowest BCUT2D eigenvalue weighted by atomic mass is 10.1. The summed E-state index contributed by atoms with van der Waals surface area (Å²) in [4.78, 5) is 0. The van der Waals surface area contributed by atoms with E-state index >= 15 is 0 Å². The molecule has 2 aromatic rings. The molecule has 0 atom stereocenters. The first-order valence-corrected chi connectivity index (χ1v) is 4.61. The average Bonchev–Trinajstić information content (AvgIpc) is 2.51. The quantitative estimate of drug-likeness (QED) is 0.650. The largest absolute Gasteiger partial charge is 0.198 e. The first-order valence-electron chi connectivity index (χ1n) is 3.73. The minimum atomic E-state index is 0.506. The highest BCUT2D eigenvalue weighted by atomic mass is 32.1. The van der Waals surface area contributed by atoms with E-state index in [0.717, 1.165) is 5.56 Å². The van der Waals surface area contributed by atoms with Crippen molar-refractivity contribution in [2.75, 3.05) is 0 Å². The van der Waals surface area contributed by atoms with Gasteiger partial charge >= 0.3 is 0 Å². The number of nitriles is 1. The molecule has 0 spiro atoms. The lowest BCUT2D eigenvalue weighted by Gasteiger charge is -1.93. The third-order valence-corrected chi connectivity index (χ3v) is 2.70. The van der Waals surface area contributed by atoms with Crippen LogP contribution in [0.5, 0.6) is 0 Å². The Morgan fingerprint density at radius 3 is 3.08 bits per heavy atom. The highest BCUT2D eigenvalue weighted by Gasteiger charge is 1.95. The van der Waals surface area contributed by atoms with Gasteiger partial charge in [-0.3, -0.25) is 0 Å². The van der Waals surface area contributed by atoms with Crippen LogP contribution in [-0.4, -0.2) is 0 Å². The van der Waals surface area contributed by atoms with E-state index in [-0.39, 0.29) is 0 Å². The van der Waals surface area contributed by atoms with Gasteiger partial charge < -0.3 is 0 Å². The molecule has 0 fully saturated rings. The van der Waals surface area contributed by atoms with Gasteiger partial charge in [-0.05, 0) is 34.5 Å². The maximum absolute atomic E-state index is 8.49. The van der Waals surface area contributed by atoms with Crippen molar-refractivity contribution in [1.82, 2.24) is 0 Å². The first-order chi connectivity index (χ1) is 5.90. The topological polar surface area (TPSA) is 23.8 Å². The molecule has 0 saturated carbocycles. The molecule has 0 radical (unpaired) electrons. The van der Waals surface area contributed by atoms with Crippen LogP contribution in [0.15, 0.2) is 29.6 Å². The zero-order valence-electron chi connectivity index (χ0n) is 6.45. The van der Waals surface area contributed by atoms with E-state index in [2.05, 4.69) is 29.6 Å². The summed E-state index contributed by atoms with van der Waals surface area (Å²) in [6, 6.07) is 10.4. The van der Waals surface area contributed by atoms with E-state index in [4.69, 9.17) is 5.26 Å². The molecule has 58 valence electrons. The van der Waals surface area contributed by atoms with Crippen LogP contribution in [0.2, 0.25) is 0 Å². The summed E-state index contributed by atoms with van der Waals surface area (Å²) in [6.45, 7) is 0.